The van der Waals surface area contributed by atoms with E-state index in [2.05, 4.69) is 39.4 Å². The lowest BCUT2D eigenvalue weighted by Gasteiger charge is -2.15. The fraction of sp³-hybridized carbons (Fsp3) is 0.462. The molecule has 0 aliphatic carbocycles. The van der Waals surface area contributed by atoms with Crippen LogP contribution in [0.15, 0.2) is 29.9 Å². The fourth-order valence-electron chi connectivity index (χ4n) is 2.06. The van der Waals surface area contributed by atoms with Crippen LogP contribution in [-0.2, 0) is 19.4 Å². The van der Waals surface area contributed by atoms with Crippen molar-refractivity contribution in [2.75, 3.05) is 0 Å². The van der Waals surface area contributed by atoms with Gasteiger partial charge >= 0.3 is 0 Å². The topological polar surface area (TPSA) is 55.9 Å². The third-order valence-electron chi connectivity index (χ3n) is 2.96. The van der Waals surface area contributed by atoms with Crippen LogP contribution in [0.4, 0.5) is 0 Å². The first-order valence-corrected chi connectivity index (χ1v) is 7.20. The summed E-state index contributed by atoms with van der Waals surface area (Å²) in [5.41, 5.74) is 2.90. The van der Waals surface area contributed by atoms with E-state index < -0.39 is 0 Å². The maximum absolute atomic E-state index is 5.65. The minimum Gasteiger partial charge on any atom is -0.335 e. The summed E-state index contributed by atoms with van der Waals surface area (Å²) in [7, 11) is 0. The molecule has 5 heteroatoms. The van der Waals surface area contributed by atoms with Gasteiger partial charge < -0.3 is 4.57 Å². The maximum Gasteiger partial charge on any atom is 0.110 e. The van der Waals surface area contributed by atoms with Gasteiger partial charge in [-0.3, -0.25) is 11.3 Å². The average Bonchev–Trinajstić information content (AvgIpc) is 3.01. The third kappa shape index (κ3) is 3.41. The normalized spacial score (nSPS) is 12.8. The Morgan fingerprint density at radius 2 is 2.39 bits per heavy atom. The molecule has 0 saturated heterocycles. The summed E-state index contributed by atoms with van der Waals surface area (Å²) < 4.78 is 2.21. The summed E-state index contributed by atoms with van der Waals surface area (Å²) in [6.07, 6.45) is 6.84. The van der Waals surface area contributed by atoms with Gasteiger partial charge in [0.05, 0.1) is 0 Å². The van der Waals surface area contributed by atoms with Crippen LogP contribution in [0.1, 0.15) is 24.0 Å². The van der Waals surface area contributed by atoms with Gasteiger partial charge in [0.15, 0.2) is 0 Å². The summed E-state index contributed by atoms with van der Waals surface area (Å²) >= 11 is 1.77. The standard InChI is InChI=1S/C13H20N4S/c1-2-6-17-7-5-15-13(17)10-11(16-14)9-12-4-3-8-18-12/h3-5,7-8,11,16H,2,6,9-10,14H2,1H3. The number of nitrogens with one attached hydrogen (secondary N) is 1. The number of aromatic nitrogens is 2. The van der Waals surface area contributed by atoms with Crippen molar-refractivity contribution >= 4 is 11.3 Å². The highest BCUT2D eigenvalue weighted by Crippen LogP contribution is 2.13. The number of rotatable bonds is 7. The number of hydrogen-bond donors (Lipinski definition) is 2. The van der Waals surface area contributed by atoms with E-state index in [-0.39, 0.29) is 6.04 Å². The highest BCUT2D eigenvalue weighted by Gasteiger charge is 2.12. The van der Waals surface area contributed by atoms with Crippen molar-refractivity contribution in [1.82, 2.24) is 15.0 Å². The molecule has 0 aliphatic heterocycles. The quantitative estimate of drug-likeness (QED) is 0.594. The van der Waals surface area contributed by atoms with E-state index in [1.165, 1.54) is 4.88 Å². The van der Waals surface area contributed by atoms with Crippen LogP contribution < -0.4 is 11.3 Å². The average molecular weight is 264 g/mol. The summed E-state index contributed by atoms with van der Waals surface area (Å²) in [6.45, 7) is 3.19. The van der Waals surface area contributed by atoms with E-state index in [0.717, 1.165) is 31.6 Å². The molecule has 0 aliphatic rings. The Bertz CT molecular complexity index is 449. The second-order valence-corrected chi connectivity index (χ2v) is 5.42. The summed E-state index contributed by atoms with van der Waals surface area (Å²) in [4.78, 5) is 5.78. The minimum atomic E-state index is 0.238. The molecule has 0 spiro atoms. The smallest absolute Gasteiger partial charge is 0.110 e. The van der Waals surface area contributed by atoms with Crippen LogP contribution in [0.25, 0.3) is 0 Å². The molecule has 0 amide bonds. The number of nitrogens with two attached hydrogens (primary N) is 1. The molecular weight excluding hydrogens is 244 g/mol. The van der Waals surface area contributed by atoms with Crippen molar-refractivity contribution in [3.63, 3.8) is 0 Å². The van der Waals surface area contributed by atoms with Crippen molar-refractivity contribution in [2.45, 2.75) is 38.8 Å². The van der Waals surface area contributed by atoms with Crippen LogP contribution in [-0.4, -0.2) is 15.6 Å². The lowest BCUT2D eigenvalue weighted by Crippen LogP contribution is -2.39. The molecule has 1 unspecified atom stereocenters. The van der Waals surface area contributed by atoms with Gasteiger partial charge in [0.2, 0.25) is 0 Å². The van der Waals surface area contributed by atoms with Crippen molar-refractivity contribution in [1.29, 1.82) is 0 Å². The first-order chi connectivity index (χ1) is 8.83. The monoisotopic (exact) mass is 264 g/mol. The summed E-state index contributed by atoms with van der Waals surface area (Å²) in [6, 6.07) is 4.46. The number of nitrogens with zero attached hydrogens (tertiary/aromatic N) is 2. The highest BCUT2D eigenvalue weighted by molar-refractivity contribution is 7.09. The van der Waals surface area contributed by atoms with Gasteiger partial charge in [-0.2, -0.15) is 0 Å². The van der Waals surface area contributed by atoms with Gasteiger partial charge in [0.25, 0.3) is 0 Å². The van der Waals surface area contributed by atoms with Gasteiger partial charge in [-0.25, -0.2) is 4.98 Å². The Morgan fingerprint density at radius 3 is 3.06 bits per heavy atom. The van der Waals surface area contributed by atoms with Crippen molar-refractivity contribution in [3.8, 4) is 0 Å². The molecule has 2 aromatic rings. The molecule has 4 nitrogen and oxygen atoms in total. The van der Waals surface area contributed by atoms with Gasteiger partial charge in [-0.15, -0.1) is 11.3 Å². The van der Waals surface area contributed by atoms with Crippen LogP contribution in [0.5, 0.6) is 0 Å². The van der Waals surface area contributed by atoms with Gasteiger partial charge in [0, 0.05) is 36.3 Å². The molecule has 0 bridgehead atoms. The number of thiophene rings is 1. The lowest BCUT2D eigenvalue weighted by molar-refractivity contribution is 0.497. The number of aryl methyl sites for hydroxylation is 1. The maximum atomic E-state index is 5.65. The summed E-state index contributed by atoms with van der Waals surface area (Å²) in [5.74, 6) is 6.76. The van der Waals surface area contributed by atoms with Crippen LogP contribution in [0.2, 0.25) is 0 Å². The van der Waals surface area contributed by atoms with E-state index in [1.54, 1.807) is 11.3 Å². The van der Waals surface area contributed by atoms with E-state index in [0.29, 0.717) is 0 Å². The zero-order valence-electron chi connectivity index (χ0n) is 10.7. The predicted molar refractivity (Wildman–Crippen MR) is 75.4 cm³/mol. The summed E-state index contributed by atoms with van der Waals surface area (Å²) in [5, 5.41) is 2.10. The van der Waals surface area contributed by atoms with Gasteiger partial charge in [-0.05, 0) is 24.3 Å². The van der Waals surface area contributed by atoms with Crippen molar-refractivity contribution in [2.24, 2.45) is 5.84 Å². The Labute approximate surface area is 112 Å². The van der Waals surface area contributed by atoms with Crippen LogP contribution in [0, 0.1) is 0 Å². The van der Waals surface area contributed by atoms with Gasteiger partial charge in [-0.1, -0.05) is 13.0 Å². The van der Waals surface area contributed by atoms with Crippen LogP contribution in [0.3, 0.4) is 0 Å². The zero-order chi connectivity index (χ0) is 12.8. The first-order valence-electron chi connectivity index (χ1n) is 6.32. The number of imidazole rings is 1. The van der Waals surface area contributed by atoms with E-state index in [4.69, 9.17) is 5.84 Å². The molecule has 2 aromatic heterocycles. The lowest BCUT2D eigenvalue weighted by atomic mass is 10.1. The third-order valence-corrected chi connectivity index (χ3v) is 3.86. The molecule has 0 aromatic carbocycles. The second kappa shape index (κ2) is 6.68. The molecule has 1 atom stereocenters. The Morgan fingerprint density at radius 1 is 1.50 bits per heavy atom. The van der Waals surface area contributed by atoms with Crippen LogP contribution >= 0.6 is 11.3 Å². The molecular formula is C13H20N4S. The number of hydrazine groups is 1. The molecule has 0 fully saturated rings. The minimum absolute atomic E-state index is 0.238. The largest absolute Gasteiger partial charge is 0.335 e. The van der Waals surface area contributed by atoms with E-state index in [9.17, 15) is 0 Å². The molecule has 2 heterocycles. The molecule has 0 radical (unpaired) electrons. The predicted octanol–water partition coefficient (Wildman–Crippen LogP) is 1.97. The molecule has 3 N–H and O–H groups in total. The molecule has 0 saturated carbocycles. The molecule has 98 valence electrons. The van der Waals surface area contributed by atoms with Crippen molar-refractivity contribution < 1.29 is 0 Å². The second-order valence-electron chi connectivity index (χ2n) is 4.39. The first kappa shape index (κ1) is 13.3. The van der Waals surface area contributed by atoms with E-state index in [1.807, 2.05) is 12.4 Å². The van der Waals surface area contributed by atoms with Crippen molar-refractivity contribution in [3.05, 3.63) is 40.6 Å². The van der Waals surface area contributed by atoms with E-state index >= 15 is 0 Å². The fourth-order valence-corrected chi connectivity index (χ4v) is 2.84. The van der Waals surface area contributed by atoms with Gasteiger partial charge in [0.1, 0.15) is 5.82 Å². The number of hydrogen-bond acceptors (Lipinski definition) is 4. The zero-order valence-corrected chi connectivity index (χ0v) is 11.5. The Balaban J connectivity index is 1.99. The Hall–Kier alpha value is -1.17. The molecule has 18 heavy (non-hydrogen) atoms. The molecule has 2 rings (SSSR count). The highest BCUT2D eigenvalue weighted by atomic mass is 32.1. The Kier molecular flexibility index (Phi) is 4.92. The SMILES string of the molecule is CCCn1ccnc1CC(Cc1cccs1)NN.